The Morgan fingerprint density at radius 1 is 1.17 bits per heavy atom. The Balaban J connectivity index is 0.00000237. The Hall–Kier alpha value is -4.11. The first-order valence-corrected chi connectivity index (χ1v) is 15.0. The van der Waals surface area contributed by atoms with E-state index in [2.05, 4.69) is 26.8 Å². The largest absolute Gasteiger partial charge is 0.444 e. The SMILES string of the molecule is CC.CC(C)Nc1cc(-c2ccc3cc(C#N)cnn23)ncc1C(=N)SC(=N)N1CCC(NC(=O)OC(C)(C)C)CC1. The number of ether oxygens (including phenoxy) is 1. The Labute approximate surface area is 252 Å². The number of carbonyl (C=O) groups excluding carboxylic acids is 1. The monoisotopic (exact) mass is 591 g/mol. The number of pyridine rings is 1. The molecule has 1 saturated heterocycles. The number of piperidine rings is 1. The van der Waals surface area contributed by atoms with E-state index >= 15 is 0 Å². The second kappa shape index (κ2) is 14.2. The Bertz CT molecular complexity index is 1460. The third-order valence-electron chi connectivity index (χ3n) is 6.19. The fraction of sp³-hybridized carbons (Fsp3) is 0.467. The molecule has 0 radical (unpaired) electrons. The van der Waals surface area contributed by atoms with Gasteiger partial charge in [0.15, 0.2) is 5.17 Å². The number of fused-ring (bicyclic) bond motifs is 1. The molecule has 4 rings (SSSR count). The van der Waals surface area contributed by atoms with Crippen molar-refractivity contribution in [3.05, 3.63) is 47.8 Å². The van der Waals surface area contributed by atoms with E-state index in [1.165, 1.54) is 6.20 Å². The molecule has 12 heteroatoms. The number of amides is 1. The lowest BCUT2D eigenvalue weighted by Gasteiger charge is -2.34. The molecule has 0 spiro atoms. The third-order valence-corrected chi connectivity index (χ3v) is 7.06. The maximum atomic E-state index is 12.1. The van der Waals surface area contributed by atoms with Crippen LogP contribution in [0.2, 0.25) is 0 Å². The number of thioether (sulfide) groups is 1. The molecule has 1 fully saturated rings. The van der Waals surface area contributed by atoms with E-state index in [-0.39, 0.29) is 22.3 Å². The third kappa shape index (κ3) is 8.45. The molecule has 1 aliphatic rings. The van der Waals surface area contributed by atoms with Gasteiger partial charge in [-0.05, 0) is 83.5 Å². The second-order valence-corrected chi connectivity index (χ2v) is 12.0. The number of carbonyl (C=O) groups is 1. The summed E-state index contributed by atoms with van der Waals surface area (Å²) in [6.45, 7) is 14.8. The summed E-state index contributed by atoms with van der Waals surface area (Å²) in [5.74, 6) is 0. The summed E-state index contributed by atoms with van der Waals surface area (Å²) in [6, 6.07) is 9.67. The van der Waals surface area contributed by atoms with Crippen LogP contribution in [0.15, 0.2) is 36.7 Å². The molecule has 42 heavy (non-hydrogen) atoms. The lowest BCUT2D eigenvalue weighted by molar-refractivity contribution is 0.0488. The van der Waals surface area contributed by atoms with Gasteiger partial charge in [-0.15, -0.1) is 0 Å². The van der Waals surface area contributed by atoms with Gasteiger partial charge in [0.2, 0.25) is 0 Å². The molecular formula is C30H41N9O2S. The summed E-state index contributed by atoms with van der Waals surface area (Å²) in [5.41, 5.74) is 3.53. The smallest absolute Gasteiger partial charge is 0.407 e. The molecule has 0 atom stereocenters. The fourth-order valence-corrected chi connectivity index (χ4v) is 5.16. The normalized spacial score (nSPS) is 13.6. The van der Waals surface area contributed by atoms with Crippen molar-refractivity contribution in [3.8, 4) is 17.5 Å². The molecular weight excluding hydrogens is 550 g/mol. The zero-order valence-corrected chi connectivity index (χ0v) is 26.2. The predicted octanol–water partition coefficient (Wildman–Crippen LogP) is 6.10. The van der Waals surface area contributed by atoms with Crippen molar-refractivity contribution in [2.24, 2.45) is 0 Å². The highest BCUT2D eigenvalue weighted by atomic mass is 32.2. The summed E-state index contributed by atoms with van der Waals surface area (Å²) < 4.78 is 7.09. The molecule has 1 amide bonds. The van der Waals surface area contributed by atoms with Crippen LogP contribution in [0.5, 0.6) is 0 Å². The summed E-state index contributed by atoms with van der Waals surface area (Å²) in [6.07, 6.45) is 4.14. The van der Waals surface area contributed by atoms with E-state index in [9.17, 15) is 4.79 Å². The first-order valence-electron chi connectivity index (χ1n) is 14.2. The van der Waals surface area contributed by atoms with Gasteiger partial charge < -0.3 is 20.3 Å². The number of aromatic nitrogens is 3. The number of likely N-dealkylation sites (tertiary alicyclic amines) is 1. The number of amidine groups is 1. The van der Waals surface area contributed by atoms with E-state index in [0.29, 0.717) is 42.8 Å². The van der Waals surface area contributed by atoms with Crippen LogP contribution in [0.3, 0.4) is 0 Å². The average molecular weight is 592 g/mol. The molecule has 3 aromatic heterocycles. The number of alkyl carbamates (subject to hydrolysis) is 1. The summed E-state index contributed by atoms with van der Waals surface area (Å²) in [4.78, 5) is 18.7. The molecule has 4 N–H and O–H groups in total. The number of nitrogens with one attached hydrogen (secondary N) is 4. The van der Waals surface area contributed by atoms with Crippen molar-refractivity contribution in [1.82, 2.24) is 24.8 Å². The summed E-state index contributed by atoms with van der Waals surface area (Å²) >= 11 is 1.09. The molecule has 224 valence electrons. The predicted molar refractivity (Wildman–Crippen MR) is 169 cm³/mol. The highest BCUT2D eigenvalue weighted by Crippen LogP contribution is 2.29. The van der Waals surface area contributed by atoms with Crippen LogP contribution in [0.25, 0.3) is 16.9 Å². The van der Waals surface area contributed by atoms with Gasteiger partial charge in [0.1, 0.15) is 16.7 Å². The van der Waals surface area contributed by atoms with Crippen LogP contribution in [-0.2, 0) is 4.74 Å². The molecule has 3 aromatic rings. The highest BCUT2D eigenvalue weighted by molar-refractivity contribution is 8.26. The first kappa shape index (κ1) is 32.4. The molecule has 0 bridgehead atoms. The summed E-state index contributed by atoms with van der Waals surface area (Å²) in [7, 11) is 0. The number of rotatable bonds is 5. The van der Waals surface area contributed by atoms with Gasteiger partial charge in [0.05, 0.1) is 28.7 Å². The second-order valence-electron chi connectivity index (χ2n) is 11.0. The minimum absolute atomic E-state index is 0.00643. The van der Waals surface area contributed by atoms with Gasteiger partial charge >= 0.3 is 6.09 Å². The molecule has 0 saturated carbocycles. The van der Waals surface area contributed by atoms with Crippen molar-refractivity contribution in [1.29, 1.82) is 16.1 Å². The minimum Gasteiger partial charge on any atom is -0.444 e. The number of nitriles is 1. The summed E-state index contributed by atoms with van der Waals surface area (Å²) in [5, 5.41) is 37.8. The van der Waals surface area contributed by atoms with E-state index in [4.69, 9.17) is 20.8 Å². The molecule has 0 aromatic carbocycles. The van der Waals surface area contributed by atoms with Gasteiger partial charge in [0, 0.05) is 42.6 Å². The Morgan fingerprint density at radius 2 is 1.86 bits per heavy atom. The fourth-order valence-electron chi connectivity index (χ4n) is 4.38. The molecule has 0 unspecified atom stereocenters. The zero-order valence-electron chi connectivity index (χ0n) is 25.4. The molecule has 11 nitrogen and oxygen atoms in total. The van der Waals surface area contributed by atoms with Crippen molar-refractivity contribution in [2.75, 3.05) is 18.4 Å². The average Bonchev–Trinajstić information content (AvgIpc) is 3.36. The van der Waals surface area contributed by atoms with Crippen molar-refractivity contribution in [3.63, 3.8) is 0 Å². The Kier molecular flexibility index (Phi) is 10.9. The van der Waals surface area contributed by atoms with Crippen molar-refractivity contribution < 1.29 is 9.53 Å². The van der Waals surface area contributed by atoms with Gasteiger partial charge in [0.25, 0.3) is 0 Å². The topological polar surface area (TPSA) is 155 Å². The number of anilines is 1. The van der Waals surface area contributed by atoms with Crippen molar-refractivity contribution >= 4 is 39.3 Å². The molecule has 1 aliphatic heterocycles. The quantitative estimate of drug-likeness (QED) is 0.205. The van der Waals surface area contributed by atoms with Crippen LogP contribution in [0.1, 0.15) is 72.4 Å². The molecule has 0 aliphatic carbocycles. The van der Waals surface area contributed by atoms with Gasteiger partial charge in [-0.3, -0.25) is 15.8 Å². The van der Waals surface area contributed by atoms with E-state index in [0.717, 1.165) is 28.7 Å². The van der Waals surface area contributed by atoms with Crippen LogP contribution in [0.4, 0.5) is 10.5 Å². The number of nitrogens with zero attached hydrogens (tertiary/aromatic N) is 5. The van der Waals surface area contributed by atoms with Gasteiger partial charge in [-0.1, -0.05) is 13.8 Å². The highest BCUT2D eigenvalue weighted by Gasteiger charge is 2.26. The lowest BCUT2D eigenvalue weighted by atomic mass is 10.1. The number of hydrogen-bond acceptors (Lipinski definition) is 9. The van der Waals surface area contributed by atoms with E-state index in [1.54, 1.807) is 16.8 Å². The Morgan fingerprint density at radius 3 is 2.48 bits per heavy atom. The standard InChI is InChI=1S/C28H35N9O2S.C2H6/c1-17(2)34-22-13-23(24-7-6-20-12-18(14-29)15-33-37(20)24)32-16-21(22)25(30)40-26(31)36-10-8-19(9-11-36)35-27(38)39-28(3,4)5;1-2/h6-7,12-13,15-17,19,30-31H,8-11H2,1-5H3,(H,32,34)(H,35,38);1-2H3. The number of hydrogen-bond donors (Lipinski definition) is 4. The van der Waals surface area contributed by atoms with Gasteiger partial charge in [-0.25, -0.2) is 9.31 Å². The van der Waals surface area contributed by atoms with E-state index in [1.807, 2.05) is 71.6 Å². The minimum atomic E-state index is -0.547. The van der Waals surface area contributed by atoms with Crippen LogP contribution in [-0.4, -0.2) is 66.6 Å². The van der Waals surface area contributed by atoms with E-state index < -0.39 is 11.7 Å². The lowest BCUT2D eigenvalue weighted by Crippen LogP contribution is -2.47. The van der Waals surface area contributed by atoms with Crippen molar-refractivity contribution in [2.45, 2.75) is 79.0 Å². The van der Waals surface area contributed by atoms with Crippen LogP contribution >= 0.6 is 11.8 Å². The molecule has 4 heterocycles. The van der Waals surface area contributed by atoms with Crippen LogP contribution in [0, 0.1) is 22.1 Å². The maximum absolute atomic E-state index is 12.1. The maximum Gasteiger partial charge on any atom is 0.407 e. The zero-order chi connectivity index (χ0) is 31.0. The first-order chi connectivity index (χ1) is 19.9. The van der Waals surface area contributed by atoms with Crippen LogP contribution < -0.4 is 10.6 Å². The van der Waals surface area contributed by atoms with Gasteiger partial charge in [-0.2, -0.15) is 10.4 Å².